The largest absolute Gasteiger partial charge is 0.324 e. The van der Waals surface area contributed by atoms with E-state index in [1.54, 1.807) is 0 Å². The van der Waals surface area contributed by atoms with Crippen molar-refractivity contribution < 1.29 is 0 Å². The Balaban J connectivity index is 0.00000128. The van der Waals surface area contributed by atoms with Gasteiger partial charge in [0.05, 0.1) is 0 Å². The van der Waals surface area contributed by atoms with Gasteiger partial charge in [-0.1, -0.05) is 0 Å². The average Bonchev–Trinajstić information content (AvgIpc) is 2.56. The molecule has 0 radical (unpaired) electrons. The van der Waals surface area contributed by atoms with Crippen molar-refractivity contribution in [2.75, 3.05) is 32.7 Å². The van der Waals surface area contributed by atoms with E-state index in [0.29, 0.717) is 5.41 Å². The molecule has 17 heavy (non-hydrogen) atoms. The number of likely N-dealkylation sites (tertiary alicyclic amines) is 1. The van der Waals surface area contributed by atoms with Crippen molar-refractivity contribution in [3.63, 3.8) is 0 Å². The van der Waals surface area contributed by atoms with Crippen molar-refractivity contribution in [2.45, 2.75) is 38.6 Å². The molecule has 104 valence electrons. The predicted octanol–water partition coefficient (Wildman–Crippen LogP) is 1.64. The second kappa shape index (κ2) is 6.58. The molecule has 5 heteroatoms. The van der Waals surface area contributed by atoms with Gasteiger partial charge in [-0.2, -0.15) is 0 Å². The fourth-order valence-electron chi connectivity index (χ4n) is 2.98. The molecule has 2 aliphatic heterocycles. The van der Waals surface area contributed by atoms with Gasteiger partial charge < -0.3 is 16.0 Å². The summed E-state index contributed by atoms with van der Waals surface area (Å²) in [4.78, 5) is 2.53. The van der Waals surface area contributed by atoms with Crippen LogP contribution in [0.2, 0.25) is 0 Å². The molecule has 1 spiro atoms. The number of piperidine rings is 1. The van der Waals surface area contributed by atoms with Crippen molar-refractivity contribution in [3.8, 4) is 0 Å². The minimum Gasteiger partial charge on any atom is -0.324 e. The normalized spacial score (nSPS) is 24.2. The molecule has 2 saturated heterocycles. The first-order valence-corrected chi connectivity index (χ1v) is 6.21. The first-order chi connectivity index (χ1) is 6.99. The summed E-state index contributed by atoms with van der Waals surface area (Å²) in [5.74, 6) is 0. The highest BCUT2D eigenvalue weighted by atomic mass is 35.5. The van der Waals surface area contributed by atoms with E-state index in [-0.39, 0.29) is 30.4 Å². The van der Waals surface area contributed by atoms with E-state index < -0.39 is 0 Å². The van der Waals surface area contributed by atoms with E-state index in [1.165, 1.54) is 45.4 Å². The lowest BCUT2D eigenvalue weighted by molar-refractivity contribution is 0.104. The van der Waals surface area contributed by atoms with E-state index in [4.69, 9.17) is 5.73 Å². The van der Waals surface area contributed by atoms with E-state index in [1.807, 2.05) is 0 Å². The van der Waals surface area contributed by atoms with Gasteiger partial charge in [-0.3, -0.25) is 0 Å². The molecule has 0 atom stereocenters. The Labute approximate surface area is 118 Å². The zero-order valence-electron chi connectivity index (χ0n) is 11.0. The third-order valence-corrected chi connectivity index (χ3v) is 3.88. The molecule has 0 aliphatic carbocycles. The van der Waals surface area contributed by atoms with Crippen molar-refractivity contribution in [2.24, 2.45) is 11.1 Å². The molecule has 0 bridgehead atoms. The lowest BCUT2D eigenvalue weighted by Crippen LogP contribution is -2.50. The molecule has 2 heterocycles. The van der Waals surface area contributed by atoms with Crippen molar-refractivity contribution in [3.05, 3.63) is 0 Å². The van der Waals surface area contributed by atoms with E-state index >= 15 is 0 Å². The molecular formula is C12H27Cl2N3. The number of nitrogens with zero attached hydrogens (tertiary/aromatic N) is 1. The molecule has 0 saturated carbocycles. The highest BCUT2D eigenvalue weighted by Gasteiger charge is 2.37. The molecule has 2 aliphatic rings. The van der Waals surface area contributed by atoms with Crippen LogP contribution in [-0.4, -0.2) is 43.2 Å². The SMILES string of the molecule is CC(C)(N)CN1CCC2(CCNC2)CC1.Cl.Cl. The highest BCUT2D eigenvalue weighted by Crippen LogP contribution is 2.36. The Morgan fingerprint density at radius 2 is 1.76 bits per heavy atom. The van der Waals surface area contributed by atoms with Crippen LogP contribution in [0.3, 0.4) is 0 Å². The zero-order chi connectivity index (χ0) is 10.9. The van der Waals surface area contributed by atoms with Crippen LogP contribution in [-0.2, 0) is 0 Å². The fraction of sp³-hybridized carbons (Fsp3) is 1.00. The predicted molar refractivity (Wildman–Crippen MR) is 78.4 cm³/mol. The van der Waals surface area contributed by atoms with Crippen molar-refractivity contribution in [1.82, 2.24) is 10.2 Å². The minimum atomic E-state index is -0.0432. The summed E-state index contributed by atoms with van der Waals surface area (Å²) < 4.78 is 0. The van der Waals surface area contributed by atoms with Gasteiger partial charge in [-0.05, 0) is 58.2 Å². The summed E-state index contributed by atoms with van der Waals surface area (Å²) in [5.41, 5.74) is 6.65. The van der Waals surface area contributed by atoms with Gasteiger partial charge in [0, 0.05) is 18.6 Å². The first-order valence-electron chi connectivity index (χ1n) is 6.21. The van der Waals surface area contributed by atoms with E-state index in [0.717, 1.165) is 6.54 Å². The number of nitrogens with two attached hydrogens (primary N) is 1. The smallest absolute Gasteiger partial charge is 0.0226 e. The number of rotatable bonds is 2. The first kappa shape index (κ1) is 17.5. The molecule has 0 aromatic heterocycles. The summed E-state index contributed by atoms with van der Waals surface area (Å²) in [7, 11) is 0. The van der Waals surface area contributed by atoms with Crippen LogP contribution >= 0.6 is 24.8 Å². The lowest BCUT2D eigenvalue weighted by atomic mass is 9.77. The molecule has 2 fully saturated rings. The highest BCUT2D eigenvalue weighted by molar-refractivity contribution is 5.85. The quantitative estimate of drug-likeness (QED) is 0.810. The average molecular weight is 284 g/mol. The maximum Gasteiger partial charge on any atom is 0.0226 e. The minimum absolute atomic E-state index is 0. The third-order valence-electron chi connectivity index (χ3n) is 3.88. The molecule has 2 rings (SSSR count). The van der Waals surface area contributed by atoms with Gasteiger partial charge in [-0.25, -0.2) is 0 Å². The molecule has 0 aromatic rings. The number of halogens is 2. The summed E-state index contributed by atoms with van der Waals surface area (Å²) in [6, 6.07) is 0. The van der Waals surface area contributed by atoms with Crippen LogP contribution < -0.4 is 11.1 Å². The molecule has 0 amide bonds. The van der Waals surface area contributed by atoms with Gasteiger partial charge in [0.15, 0.2) is 0 Å². The van der Waals surface area contributed by atoms with Gasteiger partial charge in [0.25, 0.3) is 0 Å². The maximum absolute atomic E-state index is 6.06. The van der Waals surface area contributed by atoms with Crippen LogP contribution in [0.1, 0.15) is 33.1 Å². The van der Waals surface area contributed by atoms with E-state index in [9.17, 15) is 0 Å². The Bertz CT molecular complexity index is 212. The maximum atomic E-state index is 6.06. The van der Waals surface area contributed by atoms with E-state index in [2.05, 4.69) is 24.1 Å². The Hall–Kier alpha value is 0.460. The number of nitrogens with one attached hydrogen (secondary N) is 1. The van der Waals surface area contributed by atoms with Gasteiger partial charge in [0.1, 0.15) is 0 Å². The standard InChI is InChI=1S/C12H25N3.2ClH/c1-11(2,13)10-15-7-4-12(5-8-15)3-6-14-9-12;;/h14H,3-10,13H2,1-2H3;2*1H. The molecule has 3 N–H and O–H groups in total. The zero-order valence-corrected chi connectivity index (χ0v) is 12.6. The van der Waals surface area contributed by atoms with Crippen LogP contribution in [0, 0.1) is 5.41 Å². The summed E-state index contributed by atoms with van der Waals surface area (Å²) in [6.45, 7) is 10.2. The third kappa shape index (κ3) is 4.92. The summed E-state index contributed by atoms with van der Waals surface area (Å²) in [5, 5.41) is 3.50. The Morgan fingerprint density at radius 3 is 2.18 bits per heavy atom. The van der Waals surface area contributed by atoms with Crippen LogP contribution in [0.4, 0.5) is 0 Å². The topological polar surface area (TPSA) is 41.3 Å². The Kier molecular flexibility index (Phi) is 6.75. The molecule has 0 aromatic carbocycles. The van der Waals surface area contributed by atoms with Gasteiger partial charge in [-0.15, -0.1) is 24.8 Å². The van der Waals surface area contributed by atoms with Crippen LogP contribution in [0.25, 0.3) is 0 Å². The van der Waals surface area contributed by atoms with Gasteiger partial charge in [0.2, 0.25) is 0 Å². The second-order valence-electron chi connectivity index (χ2n) is 6.19. The van der Waals surface area contributed by atoms with Crippen molar-refractivity contribution >= 4 is 24.8 Å². The summed E-state index contributed by atoms with van der Waals surface area (Å²) >= 11 is 0. The van der Waals surface area contributed by atoms with Crippen molar-refractivity contribution in [1.29, 1.82) is 0 Å². The lowest BCUT2D eigenvalue weighted by Gasteiger charge is -2.41. The van der Waals surface area contributed by atoms with Gasteiger partial charge >= 0.3 is 0 Å². The summed E-state index contributed by atoms with van der Waals surface area (Å²) in [6.07, 6.45) is 4.10. The van der Waals surface area contributed by atoms with Crippen LogP contribution in [0.15, 0.2) is 0 Å². The Morgan fingerprint density at radius 1 is 1.18 bits per heavy atom. The molecular weight excluding hydrogens is 257 g/mol. The number of hydrogen-bond donors (Lipinski definition) is 2. The number of hydrogen-bond acceptors (Lipinski definition) is 3. The fourth-order valence-corrected chi connectivity index (χ4v) is 2.98. The molecule has 0 unspecified atom stereocenters. The molecule has 3 nitrogen and oxygen atoms in total. The monoisotopic (exact) mass is 283 g/mol. The second-order valence-corrected chi connectivity index (χ2v) is 6.19. The van der Waals surface area contributed by atoms with Crippen LogP contribution in [0.5, 0.6) is 0 Å².